The van der Waals surface area contributed by atoms with Gasteiger partial charge in [-0.25, -0.2) is 0 Å². The lowest BCUT2D eigenvalue weighted by molar-refractivity contribution is -0.138. The van der Waals surface area contributed by atoms with Gasteiger partial charge in [-0.2, -0.15) is 5.26 Å². The molecule has 1 fully saturated rings. The van der Waals surface area contributed by atoms with Gasteiger partial charge >= 0.3 is 5.97 Å². The number of carboxylic acid groups (broad SMARTS) is 1. The van der Waals surface area contributed by atoms with Crippen LogP contribution in [0.3, 0.4) is 0 Å². The molecule has 1 saturated carbocycles. The SMILES string of the molecule is N#CC1(c2cccc(Cl)c2)CC1C(=O)O. The van der Waals surface area contributed by atoms with E-state index in [2.05, 4.69) is 6.07 Å². The first-order valence-corrected chi connectivity index (χ1v) is 4.88. The van der Waals surface area contributed by atoms with Crippen molar-refractivity contribution >= 4 is 17.6 Å². The summed E-state index contributed by atoms with van der Waals surface area (Å²) < 4.78 is 0. The third-order valence-corrected chi connectivity index (χ3v) is 3.03. The van der Waals surface area contributed by atoms with E-state index in [1.807, 2.05) is 0 Å². The summed E-state index contributed by atoms with van der Waals surface area (Å²) >= 11 is 5.81. The number of nitriles is 1. The van der Waals surface area contributed by atoms with E-state index in [0.29, 0.717) is 17.0 Å². The molecule has 0 heterocycles. The summed E-state index contributed by atoms with van der Waals surface area (Å²) in [5.41, 5.74) is -0.165. The lowest BCUT2D eigenvalue weighted by Gasteiger charge is -2.07. The minimum Gasteiger partial charge on any atom is -0.481 e. The van der Waals surface area contributed by atoms with Crippen LogP contribution in [0.5, 0.6) is 0 Å². The Morgan fingerprint density at radius 1 is 1.67 bits per heavy atom. The van der Waals surface area contributed by atoms with Gasteiger partial charge < -0.3 is 5.11 Å². The maximum absolute atomic E-state index is 10.8. The zero-order valence-electron chi connectivity index (χ0n) is 7.77. The minimum absolute atomic E-state index is 0.374. The Morgan fingerprint density at radius 3 is 2.87 bits per heavy atom. The second kappa shape index (κ2) is 3.25. The van der Waals surface area contributed by atoms with Crippen LogP contribution in [0.25, 0.3) is 0 Å². The number of rotatable bonds is 2. The van der Waals surface area contributed by atoms with Crippen molar-refractivity contribution < 1.29 is 9.90 Å². The van der Waals surface area contributed by atoms with Crippen molar-refractivity contribution in [3.8, 4) is 6.07 Å². The molecule has 0 radical (unpaired) electrons. The third kappa shape index (κ3) is 1.47. The van der Waals surface area contributed by atoms with E-state index < -0.39 is 17.3 Å². The van der Waals surface area contributed by atoms with Gasteiger partial charge in [0.15, 0.2) is 0 Å². The van der Waals surface area contributed by atoms with Crippen molar-refractivity contribution in [2.24, 2.45) is 5.92 Å². The normalized spacial score (nSPS) is 28.1. The molecule has 1 aliphatic rings. The Hall–Kier alpha value is -1.53. The van der Waals surface area contributed by atoms with Gasteiger partial charge in [0.2, 0.25) is 0 Å². The predicted molar refractivity (Wildman–Crippen MR) is 54.5 cm³/mol. The number of halogens is 1. The largest absolute Gasteiger partial charge is 0.481 e. The van der Waals surface area contributed by atoms with E-state index in [9.17, 15) is 4.79 Å². The monoisotopic (exact) mass is 221 g/mol. The zero-order valence-corrected chi connectivity index (χ0v) is 8.53. The first-order valence-electron chi connectivity index (χ1n) is 4.50. The highest BCUT2D eigenvalue weighted by atomic mass is 35.5. The summed E-state index contributed by atoms with van der Waals surface area (Å²) in [7, 11) is 0. The highest BCUT2D eigenvalue weighted by Gasteiger charge is 2.60. The van der Waals surface area contributed by atoms with E-state index in [-0.39, 0.29) is 0 Å². The Balaban J connectivity index is 2.39. The molecule has 0 aromatic heterocycles. The summed E-state index contributed by atoms with van der Waals surface area (Å²) in [6.07, 6.45) is 0.374. The molecule has 76 valence electrons. The van der Waals surface area contributed by atoms with E-state index >= 15 is 0 Å². The molecule has 15 heavy (non-hydrogen) atoms. The van der Waals surface area contributed by atoms with Crippen molar-refractivity contribution in [1.29, 1.82) is 5.26 Å². The van der Waals surface area contributed by atoms with Crippen LogP contribution in [-0.2, 0) is 10.2 Å². The Labute approximate surface area is 91.9 Å². The molecule has 0 spiro atoms. The topological polar surface area (TPSA) is 61.1 Å². The molecule has 0 amide bonds. The summed E-state index contributed by atoms with van der Waals surface area (Å²) in [5, 5.41) is 18.5. The smallest absolute Gasteiger partial charge is 0.308 e. The van der Waals surface area contributed by atoms with E-state index in [1.54, 1.807) is 24.3 Å². The molecule has 0 bridgehead atoms. The highest BCUT2D eigenvalue weighted by molar-refractivity contribution is 6.30. The van der Waals surface area contributed by atoms with Crippen LogP contribution in [0.2, 0.25) is 5.02 Å². The van der Waals surface area contributed by atoms with Crippen LogP contribution in [0.15, 0.2) is 24.3 Å². The molecule has 0 saturated heterocycles. The highest BCUT2D eigenvalue weighted by Crippen LogP contribution is 2.54. The predicted octanol–water partition coefficient (Wildman–Crippen LogP) is 2.21. The molecule has 3 nitrogen and oxygen atoms in total. The Bertz CT molecular complexity index is 466. The second-order valence-corrected chi connectivity index (χ2v) is 4.12. The maximum atomic E-state index is 10.8. The molecule has 0 aliphatic heterocycles. The average molecular weight is 222 g/mol. The van der Waals surface area contributed by atoms with Crippen molar-refractivity contribution in [2.45, 2.75) is 11.8 Å². The average Bonchev–Trinajstić information content (AvgIpc) is 2.93. The van der Waals surface area contributed by atoms with Gasteiger partial charge in [-0.1, -0.05) is 23.7 Å². The molecule has 2 rings (SSSR count). The number of carbonyl (C=O) groups is 1. The van der Waals surface area contributed by atoms with Gasteiger partial charge in [-0.3, -0.25) is 4.79 Å². The molecular weight excluding hydrogens is 214 g/mol. The lowest BCUT2D eigenvalue weighted by atomic mass is 9.95. The van der Waals surface area contributed by atoms with Crippen LogP contribution in [-0.4, -0.2) is 11.1 Å². The Morgan fingerprint density at radius 2 is 2.40 bits per heavy atom. The summed E-state index contributed by atoms with van der Waals surface area (Å²) in [5.74, 6) is -1.52. The molecule has 4 heteroatoms. The van der Waals surface area contributed by atoms with E-state index in [0.717, 1.165) is 0 Å². The number of benzene rings is 1. The van der Waals surface area contributed by atoms with Crippen molar-refractivity contribution in [2.75, 3.05) is 0 Å². The zero-order chi connectivity index (χ0) is 11.1. The van der Waals surface area contributed by atoms with Crippen molar-refractivity contribution in [3.05, 3.63) is 34.9 Å². The maximum Gasteiger partial charge on any atom is 0.308 e. The quantitative estimate of drug-likeness (QED) is 0.833. The minimum atomic E-state index is -0.920. The van der Waals surface area contributed by atoms with Crippen molar-refractivity contribution in [1.82, 2.24) is 0 Å². The first-order chi connectivity index (χ1) is 7.10. The fourth-order valence-corrected chi connectivity index (χ4v) is 2.02. The molecule has 1 aliphatic carbocycles. The lowest BCUT2D eigenvalue weighted by Crippen LogP contribution is -2.12. The molecule has 1 aromatic rings. The van der Waals surface area contributed by atoms with Gasteiger partial charge in [0.05, 0.1) is 17.4 Å². The number of carboxylic acids is 1. The summed E-state index contributed by atoms with van der Waals surface area (Å²) in [6, 6.07) is 8.93. The van der Waals surface area contributed by atoms with Gasteiger partial charge in [0.1, 0.15) is 0 Å². The fourth-order valence-electron chi connectivity index (χ4n) is 1.83. The van der Waals surface area contributed by atoms with Crippen LogP contribution in [0, 0.1) is 17.2 Å². The fraction of sp³-hybridized carbons (Fsp3) is 0.273. The number of nitrogens with zero attached hydrogens (tertiary/aromatic N) is 1. The second-order valence-electron chi connectivity index (χ2n) is 3.69. The third-order valence-electron chi connectivity index (χ3n) is 2.80. The van der Waals surface area contributed by atoms with Gasteiger partial charge in [0, 0.05) is 5.02 Å². The van der Waals surface area contributed by atoms with Crippen LogP contribution >= 0.6 is 11.6 Å². The Kier molecular flexibility index (Phi) is 2.17. The van der Waals surface area contributed by atoms with Gasteiger partial charge in [0.25, 0.3) is 0 Å². The van der Waals surface area contributed by atoms with Crippen molar-refractivity contribution in [3.63, 3.8) is 0 Å². The first kappa shape index (κ1) is 10.0. The standard InChI is InChI=1S/C11H8ClNO2/c12-8-3-1-2-7(4-8)11(6-13)5-9(11)10(14)15/h1-4,9H,5H2,(H,14,15). The van der Waals surface area contributed by atoms with Gasteiger partial charge in [-0.05, 0) is 24.1 Å². The number of hydrogen-bond donors (Lipinski definition) is 1. The molecule has 1 aromatic carbocycles. The van der Waals surface area contributed by atoms with Crippen LogP contribution in [0.4, 0.5) is 0 Å². The van der Waals surface area contributed by atoms with Crippen LogP contribution in [0.1, 0.15) is 12.0 Å². The molecular formula is C11H8ClNO2. The molecule has 1 N–H and O–H groups in total. The van der Waals surface area contributed by atoms with Gasteiger partial charge in [-0.15, -0.1) is 0 Å². The molecule has 2 atom stereocenters. The summed E-state index contributed by atoms with van der Waals surface area (Å²) in [4.78, 5) is 10.8. The number of hydrogen-bond acceptors (Lipinski definition) is 2. The van der Waals surface area contributed by atoms with E-state index in [1.165, 1.54) is 0 Å². The number of aliphatic carboxylic acids is 1. The van der Waals surface area contributed by atoms with Crippen LogP contribution < -0.4 is 0 Å². The van der Waals surface area contributed by atoms with E-state index in [4.69, 9.17) is 22.0 Å². The molecule has 2 unspecified atom stereocenters. The summed E-state index contributed by atoms with van der Waals surface area (Å²) in [6.45, 7) is 0.